The monoisotopic (exact) mass is 354 g/mol. The normalized spacial score (nSPS) is 18.7. The van der Waals surface area contributed by atoms with Gasteiger partial charge in [-0.3, -0.25) is 0 Å². The standard InChI is InChI=1S/C13H17Cl2FN2O2S/c1-17-3-2-4-18(6-5-17)21(19,20)12-8-11(15)7-10(9-14)13(12)16/h7-8H,2-6,9H2,1H3. The summed E-state index contributed by atoms with van der Waals surface area (Å²) >= 11 is 11.5. The Balaban J connectivity index is 2.42. The molecule has 1 heterocycles. The molecule has 0 aliphatic carbocycles. The van der Waals surface area contributed by atoms with Gasteiger partial charge in [-0.05, 0) is 32.1 Å². The number of hydrogen-bond donors (Lipinski definition) is 0. The van der Waals surface area contributed by atoms with Crippen molar-refractivity contribution in [2.75, 3.05) is 33.2 Å². The van der Waals surface area contributed by atoms with Gasteiger partial charge in [-0.15, -0.1) is 11.6 Å². The van der Waals surface area contributed by atoms with Gasteiger partial charge in [0, 0.05) is 30.2 Å². The molecular weight excluding hydrogens is 338 g/mol. The SMILES string of the molecule is CN1CCCN(S(=O)(=O)c2cc(Cl)cc(CCl)c2F)CC1. The second-order valence-electron chi connectivity index (χ2n) is 5.07. The molecule has 0 N–H and O–H groups in total. The fourth-order valence-electron chi connectivity index (χ4n) is 2.31. The van der Waals surface area contributed by atoms with Crippen LogP contribution in [-0.4, -0.2) is 50.8 Å². The lowest BCUT2D eigenvalue weighted by molar-refractivity contribution is 0.347. The van der Waals surface area contributed by atoms with Crippen LogP contribution in [-0.2, 0) is 15.9 Å². The maximum Gasteiger partial charge on any atom is 0.246 e. The highest BCUT2D eigenvalue weighted by molar-refractivity contribution is 7.89. The zero-order valence-electron chi connectivity index (χ0n) is 11.7. The van der Waals surface area contributed by atoms with Crippen LogP contribution in [0.25, 0.3) is 0 Å². The van der Waals surface area contributed by atoms with Crippen molar-refractivity contribution in [1.82, 2.24) is 9.21 Å². The van der Waals surface area contributed by atoms with Gasteiger partial charge < -0.3 is 4.90 Å². The van der Waals surface area contributed by atoms with Crippen molar-refractivity contribution in [3.63, 3.8) is 0 Å². The van der Waals surface area contributed by atoms with Gasteiger partial charge in [0.1, 0.15) is 10.7 Å². The molecule has 118 valence electrons. The van der Waals surface area contributed by atoms with Crippen LogP contribution < -0.4 is 0 Å². The third-order valence-corrected chi connectivity index (χ3v) is 5.92. The molecule has 8 heteroatoms. The van der Waals surface area contributed by atoms with E-state index in [1.54, 1.807) is 0 Å². The number of hydrogen-bond acceptors (Lipinski definition) is 3. The molecule has 0 bridgehead atoms. The van der Waals surface area contributed by atoms with Crippen molar-refractivity contribution in [3.05, 3.63) is 28.5 Å². The summed E-state index contributed by atoms with van der Waals surface area (Å²) < 4.78 is 40.9. The smallest absolute Gasteiger partial charge is 0.246 e. The van der Waals surface area contributed by atoms with Crippen molar-refractivity contribution in [1.29, 1.82) is 0 Å². The Morgan fingerprint density at radius 1 is 1.24 bits per heavy atom. The van der Waals surface area contributed by atoms with E-state index in [0.29, 0.717) is 26.1 Å². The van der Waals surface area contributed by atoms with Gasteiger partial charge in [0.25, 0.3) is 0 Å². The average molecular weight is 355 g/mol. The molecule has 0 atom stereocenters. The highest BCUT2D eigenvalue weighted by Crippen LogP contribution is 2.27. The van der Waals surface area contributed by atoms with Crippen molar-refractivity contribution in [2.24, 2.45) is 0 Å². The average Bonchev–Trinajstić information content (AvgIpc) is 2.66. The molecule has 1 saturated heterocycles. The van der Waals surface area contributed by atoms with Crippen LogP contribution in [0, 0.1) is 5.82 Å². The second-order valence-corrected chi connectivity index (χ2v) is 7.68. The summed E-state index contributed by atoms with van der Waals surface area (Å²) in [6.45, 7) is 2.14. The quantitative estimate of drug-likeness (QED) is 0.783. The fraction of sp³-hybridized carbons (Fsp3) is 0.538. The Labute approximate surface area is 134 Å². The molecule has 0 unspecified atom stereocenters. The lowest BCUT2D eigenvalue weighted by atomic mass is 10.2. The Kier molecular flexibility index (Phi) is 5.48. The molecule has 1 aliphatic rings. The van der Waals surface area contributed by atoms with E-state index < -0.39 is 20.7 Å². The Morgan fingerprint density at radius 2 is 1.95 bits per heavy atom. The molecule has 0 saturated carbocycles. The molecule has 0 radical (unpaired) electrons. The van der Waals surface area contributed by atoms with E-state index >= 15 is 0 Å². The minimum atomic E-state index is -3.91. The third kappa shape index (κ3) is 3.68. The highest BCUT2D eigenvalue weighted by Gasteiger charge is 2.30. The first-order valence-corrected chi connectivity index (χ1v) is 8.94. The van der Waals surface area contributed by atoms with Crippen LogP contribution >= 0.6 is 23.2 Å². The number of alkyl halides is 1. The maximum atomic E-state index is 14.3. The summed E-state index contributed by atoms with van der Waals surface area (Å²) in [5, 5.41) is 0.164. The number of likely N-dealkylation sites (N-methyl/N-ethyl adjacent to an activating group) is 1. The van der Waals surface area contributed by atoms with Crippen molar-refractivity contribution >= 4 is 33.2 Å². The lowest BCUT2D eigenvalue weighted by Crippen LogP contribution is -2.35. The van der Waals surface area contributed by atoms with Gasteiger partial charge in [-0.2, -0.15) is 4.31 Å². The summed E-state index contributed by atoms with van der Waals surface area (Å²) in [6.07, 6.45) is 0.709. The van der Waals surface area contributed by atoms with E-state index in [-0.39, 0.29) is 16.5 Å². The number of nitrogens with zero attached hydrogens (tertiary/aromatic N) is 2. The minimum Gasteiger partial charge on any atom is -0.305 e. The lowest BCUT2D eigenvalue weighted by Gasteiger charge is -2.21. The van der Waals surface area contributed by atoms with Crippen LogP contribution in [0.5, 0.6) is 0 Å². The molecule has 1 aromatic carbocycles. The maximum absolute atomic E-state index is 14.3. The third-order valence-electron chi connectivity index (χ3n) is 3.52. The first-order valence-electron chi connectivity index (χ1n) is 6.59. The van der Waals surface area contributed by atoms with Crippen molar-refractivity contribution < 1.29 is 12.8 Å². The summed E-state index contributed by atoms with van der Waals surface area (Å²) in [5.74, 6) is -0.940. The molecule has 2 rings (SSSR count). The topological polar surface area (TPSA) is 40.6 Å². The van der Waals surface area contributed by atoms with Gasteiger partial charge in [-0.1, -0.05) is 11.6 Å². The van der Waals surface area contributed by atoms with E-state index in [0.717, 1.165) is 12.6 Å². The van der Waals surface area contributed by atoms with Gasteiger partial charge in [-0.25, -0.2) is 12.8 Å². The zero-order valence-corrected chi connectivity index (χ0v) is 14.0. The molecular formula is C13H17Cl2FN2O2S. The molecule has 1 aromatic rings. The molecule has 0 spiro atoms. The largest absolute Gasteiger partial charge is 0.305 e. The Bertz CT molecular complexity index is 625. The van der Waals surface area contributed by atoms with E-state index in [4.69, 9.17) is 23.2 Å². The van der Waals surface area contributed by atoms with Crippen molar-refractivity contribution in [2.45, 2.75) is 17.2 Å². The van der Waals surface area contributed by atoms with Gasteiger partial charge in [0.05, 0.1) is 5.88 Å². The van der Waals surface area contributed by atoms with Crippen LogP contribution in [0.3, 0.4) is 0 Å². The molecule has 0 aromatic heterocycles. The molecule has 0 amide bonds. The predicted octanol–water partition coefficient (Wildman–Crippen LogP) is 2.54. The second kappa shape index (κ2) is 6.79. The predicted molar refractivity (Wildman–Crippen MR) is 81.8 cm³/mol. The number of sulfonamides is 1. The zero-order chi connectivity index (χ0) is 15.6. The number of benzene rings is 1. The first kappa shape index (κ1) is 17.0. The Morgan fingerprint density at radius 3 is 2.62 bits per heavy atom. The Hall–Kier alpha value is -0.400. The first-order chi connectivity index (χ1) is 9.86. The van der Waals surface area contributed by atoms with Crippen LogP contribution in [0.1, 0.15) is 12.0 Å². The fourth-order valence-corrected chi connectivity index (χ4v) is 4.41. The molecule has 1 aliphatic heterocycles. The van der Waals surface area contributed by atoms with Gasteiger partial charge in [0.15, 0.2) is 0 Å². The molecule has 1 fully saturated rings. The number of halogens is 3. The molecule has 4 nitrogen and oxygen atoms in total. The summed E-state index contributed by atoms with van der Waals surface area (Å²) in [4.78, 5) is 1.66. The van der Waals surface area contributed by atoms with Crippen LogP contribution in [0.2, 0.25) is 5.02 Å². The van der Waals surface area contributed by atoms with Crippen LogP contribution in [0.4, 0.5) is 4.39 Å². The van der Waals surface area contributed by atoms with Gasteiger partial charge in [0.2, 0.25) is 10.0 Å². The van der Waals surface area contributed by atoms with Gasteiger partial charge >= 0.3 is 0 Å². The highest BCUT2D eigenvalue weighted by atomic mass is 35.5. The number of rotatable bonds is 3. The minimum absolute atomic E-state index is 0.0923. The van der Waals surface area contributed by atoms with E-state index in [1.807, 2.05) is 11.9 Å². The van der Waals surface area contributed by atoms with E-state index in [9.17, 15) is 12.8 Å². The van der Waals surface area contributed by atoms with Crippen molar-refractivity contribution in [3.8, 4) is 0 Å². The van der Waals surface area contributed by atoms with Crippen LogP contribution in [0.15, 0.2) is 17.0 Å². The summed E-state index contributed by atoms with van der Waals surface area (Å²) in [6, 6.07) is 2.50. The summed E-state index contributed by atoms with van der Waals surface area (Å²) in [5.41, 5.74) is 0.0923. The van der Waals surface area contributed by atoms with E-state index in [1.165, 1.54) is 10.4 Å². The summed E-state index contributed by atoms with van der Waals surface area (Å²) in [7, 11) is -1.97. The molecule has 21 heavy (non-hydrogen) atoms. The van der Waals surface area contributed by atoms with E-state index in [2.05, 4.69) is 0 Å².